The molecule has 1 amide bonds. The lowest BCUT2D eigenvalue weighted by atomic mass is 9.94. The SMILES string of the molecule is CCOC(=O)c1c(NC(C)=O)sc2c1CCCC2=NOC(=O)c1cccc(I)c1. The third-order valence-corrected chi connectivity index (χ3v) is 6.05. The van der Waals surface area contributed by atoms with Crippen molar-refractivity contribution in [2.24, 2.45) is 5.16 Å². The molecule has 1 aromatic heterocycles. The molecular formula is C20H19IN2O5S. The predicted molar refractivity (Wildman–Crippen MR) is 119 cm³/mol. The molecule has 0 saturated carbocycles. The van der Waals surface area contributed by atoms with Crippen LogP contribution < -0.4 is 5.32 Å². The van der Waals surface area contributed by atoms with E-state index in [2.05, 4.69) is 33.1 Å². The molecule has 152 valence electrons. The maximum absolute atomic E-state index is 12.5. The lowest BCUT2D eigenvalue weighted by molar-refractivity contribution is -0.114. The summed E-state index contributed by atoms with van der Waals surface area (Å²) in [6, 6.07) is 7.03. The van der Waals surface area contributed by atoms with Gasteiger partial charge in [0.25, 0.3) is 0 Å². The number of rotatable bonds is 5. The molecule has 0 saturated heterocycles. The highest BCUT2D eigenvalue weighted by atomic mass is 127. The van der Waals surface area contributed by atoms with Crippen molar-refractivity contribution in [1.82, 2.24) is 0 Å². The zero-order valence-corrected chi connectivity index (χ0v) is 18.9. The highest BCUT2D eigenvalue weighted by Crippen LogP contribution is 2.39. The fourth-order valence-electron chi connectivity index (χ4n) is 3.00. The highest BCUT2D eigenvalue weighted by molar-refractivity contribution is 14.1. The summed E-state index contributed by atoms with van der Waals surface area (Å²) in [6.45, 7) is 3.34. The molecule has 0 unspecified atom stereocenters. The van der Waals surface area contributed by atoms with E-state index in [1.165, 1.54) is 18.3 Å². The van der Waals surface area contributed by atoms with Crippen LogP contribution >= 0.6 is 33.9 Å². The lowest BCUT2D eigenvalue weighted by Gasteiger charge is -2.14. The standard InChI is InChI=1S/C20H19IN2O5S/c1-3-27-20(26)16-14-8-5-9-15(17(14)29-18(16)22-11(2)24)23-28-19(25)12-6-4-7-13(21)10-12/h4,6-7,10H,3,5,8-9H2,1-2H3,(H,22,24). The van der Waals surface area contributed by atoms with Gasteiger partial charge in [-0.05, 0) is 72.5 Å². The Bertz CT molecular complexity index is 999. The number of benzene rings is 1. The third kappa shape index (κ3) is 5.02. The molecule has 0 aliphatic heterocycles. The summed E-state index contributed by atoms with van der Waals surface area (Å²) in [5.74, 6) is -1.31. The molecule has 1 aliphatic rings. The molecule has 7 nitrogen and oxygen atoms in total. The summed E-state index contributed by atoms with van der Waals surface area (Å²) >= 11 is 3.37. The first-order chi connectivity index (χ1) is 13.9. The fourth-order valence-corrected chi connectivity index (χ4v) is 4.84. The van der Waals surface area contributed by atoms with Gasteiger partial charge in [0.2, 0.25) is 5.91 Å². The molecular weight excluding hydrogens is 507 g/mol. The largest absolute Gasteiger partial charge is 0.462 e. The summed E-state index contributed by atoms with van der Waals surface area (Å²) in [4.78, 5) is 42.3. The Kier molecular flexibility index (Phi) is 7.01. The molecule has 0 bridgehead atoms. The number of thiophene rings is 1. The van der Waals surface area contributed by atoms with E-state index < -0.39 is 11.9 Å². The first kappa shape index (κ1) is 21.4. The topological polar surface area (TPSA) is 94.1 Å². The second kappa shape index (κ2) is 9.49. The molecule has 9 heteroatoms. The molecule has 29 heavy (non-hydrogen) atoms. The number of nitrogens with zero attached hydrogens (tertiary/aromatic N) is 1. The summed E-state index contributed by atoms with van der Waals surface area (Å²) in [5, 5.41) is 7.21. The minimum atomic E-state index is -0.549. The van der Waals surface area contributed by atoms with Crippen molar-refractivity contribution in [3.8, 4) is 0 Å². The smallest absolute Gasteiger partial charge is 0.365 e. The Hall–Kier alpha value is -2.27. The van der Waals surface area contributed by atoms with E-state index in [0.29, 0.717) is 34.7 Å². The molecule has 1 N–H and O–H groups in total. The highest BCUT2D eigenvalue weighted by Gasteiger charge is 2.30. The van der Waals surface area contributed by atoms with Gasteiger partial charge in [0.15, 0.2) is 0 Å². The fraction of sp³-hybridized carbons (Fsp3) is 0.300. The number of fused-ring (bicyclic) bond motifs is 1. The first-order valence-electron chi connectivity index (χ1n) is 9.05. The van der Waals surface area contributed by atoms with Gasteiger partial charge in [-0.25, -0.2) is 9.59 Å². The van der Waals surface area contributed by atoms with E-state index in [-0.39, 0.29) is 12.5 Å². The number of hydrogen-bond donors (Lipinski definition) is 1. The minimum absolute atomic E-state index is 0.234. The van der Waals surface area contributed by atoms with Crippen molar-refractivity contribution in [1.29, 1.82) is 0 Å². The summed E-state index contributed by atoms with van der Waals surface area (Å²) in [6.07, 6.45) is 2.01. The molecule has 1 heterocycles. The van der Waals surface area contributed by atoms with Crippen LogP contribution in [0.15, 0.2) is 29.4 Å². The van der Waals surface area contributed by atoms with Gasteiger partial charge in [-0.2, -0.15) is 0 Å². The average molecular weight is 526 g/mol. The zero-order chi connectivity index (χ0) is 21.0. The Labute approximate surface area is 185 Å². The molecule has 3 rings (SSSR count). The van der Waals surface area contributed by atoms with Crippen LogP contribution in [0.25, 0.3) is 0 Å². The number of anilines is 1. The second-order valence-electron chi connectivity index (χ2n) is 6.30. The van der Waals surface area contributed by atoms with Gasteiger partial charge < -0.3 is 14.9 Å². The number of amides is 1. The first-order valence-corrected chi connectivity index (χ1v) is 10.9. The molecule has 2 aromatic rings. The monoisotopic (exact) mass is 526 g/mol. The van der Waals surface area contributed by atoms with Crippen LogP contribution in [0.1, 0.15) is 57.8 Å². The zero-order valence-electron chi connectivity index (χ0n) is 15.9. The van der Waals surface area contributed by atoms with Crippen molar-refractivity contribution in [2.75, 3.05) is 11.9 Å². The molecule has 1 aliphatic carbocycles. The van der Waals surface area contributed by atoms with Crippen LogP contribution in [0.5, 0.6) is 0 Å². The van der Waals surface area contributed by atoms with Crippen LogP contribution in [-0.2, 0) is 20.8 Å². The van der Waals surface area contributed by atoms with Crippen molar-refractivity contribution in [3.05, 3.63) is 49.4 Å². The Morgan fingerprint density at radius 1 is 1.24 bits per heavy atom. The molecule has 0 fully saturated rings. The van der Waals surface area contributed by atoms with Gasteiger partial charge in [0.05, 0.1) is 28.3 Å². The van der Waals surface area contributed by atoms with Gasteiger partial charge in [-0.15, -0.1) is 11.3 Å². The quantitative estimate of drug-likeness (QED) is 0.270. The van der Waals surface area contributed by atoms with Crippen LogP contribution in [-0.4, -0.2) is 30.2 Å². The average Bonchev–Trinajstić information content (AvgIpc) is 3.04. The number of carbonyl (C=O) groups excluding carboxylic acids is 3. The van der Waals surface area contributed by atoms with Crippen LogP contribution in [0.4, 0.5) is 5.00 Å². The molecule has 0 spiro atoms. The van der Waals surface area contributed by atoms with Gasteiger partial charge in [0.1, 0.15) is 5.00 Å². The lowest BCUT2D eigenvalue weighted by Crippen LogP contribution is -2.16. The number of halogens is 1. The third-order valence-electron chi connectivity index (χ3n) is 4.18. The van der Waals surface area contributed by atoms with Crippen LogP contribution in [0.2, 0.25) is 0 Å². The number of oxime groups is 1. The van der Waals surface area contributed by atoms with E-state index in [1.54, 1.807) is 25.1 Å². The number of hydrogen-bond acceptors (Lipinski definition) is 7. The van der Waals surface area contributed by atoms with Crippen LogP contribution in [0.3, 0.4) is 0 Å². The van der Waals surface area contributed by atoms with E-state index in [4.69, 9.17) is 9.57 Å². The van der Waals surface area contributed by atoms with Gasteiger partial charge in [-0.1, -0.05) is 11.2 Å². The van der Waals surface area contributed by atoms with E-state index >= 15 is 0 Å². The van der Waals surface area contributed by atoms with Crippen molar-refractivity contribution in [2.45, 2.75) is 33.1 Å². The Morgan fingerprint density at radius 3 is 2.72 bits per heavy atom. The van der Waals surface area contributed by atoms with E-state index in [9.17, 15) is 14.4 Å². The molecule has 1 aromatic carbocycles. The van der Waals surface area contributed by atoms with Gasteiger partial charge in [-0.3, -0.25) is 4.79 Å². The minimum Gasteiger partial charge on any atom is -0.462 e. The molecule has 0 atom stereocenters. The Morgan fingerprint density at radius 2 is 2.03 bits per heavy atom. The maximum atomic E-state index is 12.5. The molecule has 0 radical (unpaired) electrons. The van der Waals surface area contributed by atoms with E-state index in [1.807, 2.05) is 6.07 Å². The number of nitrogens with one attached hydrogen (secondary N) is 1. The van der Waals surface area contributed by atoms with Crippen molar-refractivity contribution < 1.29 is 24.0 Å². The van der Waals surface area contributed by atoms with Crippen LogP contribution in [0, 0.1) is 3.57 Å². The number of ether oxygens (including phenoxy) is 1. The number of esters is 1. The summed E-state index contributed by atoms with van der Waals surface area (Å²) < 4.78 is 6.09. The predicted octanol–water partition coefficient (Wildman–Crippen LogP) is 4.39. The normalized spacial score (nSPS) is 14.2. The van der Waals surface area contributed by atoms with Crippen molar-refractivity contribution >= 4 is 62.5 Å². The van der Waals surface area contributed by atoms with Crippen molar-refractivity contribution in [3.63, 3.8) is 0 Å². The summed E-state index contributed by atoms with van der Waals surface area (Å²) in [5.41, 5.74) is 2.12. The number of carbonyl (C=O) groups is 3. The second-order valence-corrected chi connectivity index (χ2v) is 8.56. The van der Waals surface area contributed by atoms with E-state index in [0.717, 1.165) is 20.4 Å². The Balaban J connectivity index is 1.93. The van der Waals surface area contributed by atoms with Gasteiger partial charge >= 0.3 is 11.9 Å². The summed E-state index contributed by atoms with van der Waals surface area (Å²) in [7, 11) is 0. The maximum Gasteiger partial charge on any atom is 0.365 e. The van der Waals surface area contributed by atoms with Gasteiger partial charge in [0, 0.05) is 10.5 Å².